The van der Waals surface area contributed by atoms with Crippen LogP contribution in [0.3, 0.4) is 0 Å². The number of nitrogens with one attached hydrogen (secondary N) is 2. The van der Waals surface area contributed by atoms with Crippen molar-refractivity contribution in [3.05, 3.63) is 90.1 Å². The number of hydrogen-bond acceptors (Lipinski definition) is 4. The Balaban J connectivity index is 1.53. The molecule has 0 saturated carbocycles. The van der Waals surface area contributed by atoms with Crippen molar-refractivity contribution >= 4 is 27.7 Å². The molecule has 0 spiro atoms. The average Bonchev–Trinajstić information content (AvgIpc) is 3.29. The molecule has 2 heterocycles. The van der Waals surface area contributed by atoms with Crippen LogP contribution >= 0.6 is 0 Å². The van der Waals surface area contributed by atoms with Crippen LogP contribution in [0.5, 0.6) is 11.5 Å². The standard InChI is InChI=1S/C29H27N3O3/c1-34-25-16-8-14-21(28(25)35-2)26-27-22(20-13-6-7-15-23(20)31-27)18-24(32-26)29(33)30-17-9-12-19-10-4-3-5-11-19/h3-8,10-11,13-16,18,31H,9,12,17H2,1-2H3,(H,30,33). The Kier molecular flexibility index (Phi) is 6.35. The molecular weight excluding hydrogens is 438 g/mol. The molecule has 6 nitrogen and oxygen atoms in total. The van der Waals surface area contributed by atoms with E-state index in [-0.39, 0.29) is 5.91 Å². The van der Waals surface area contributed by atoms with Crippen LogP contribution in [-0.4, -0.2) is 36.6 Å². The molecular formula is C29H27N3O3. The summed E-state index contributed by atoms with van der Waals surface area (Å²) in [6, 6.07) is 25.8. The summed E-state index contributed by atoms with van der Waals surface area (Å²) in [5, 5.41) is 5.00. The summed E-state index contributed by atoms with van der Waals surface area (Å²) in [6.45, 7) is 0.569. The Morgan fingerprint density at radius 2 is 1.71 bits per heavy atom. The molecule has 0 unspecified atom stereocenters. The van der Waals surface area contributed by atoms with E-state index >= 15 is 0 Å². The number of hydrogen-bond donors (Lipinski definition) is 2. The lowest BCUT2D eigenvalue weighted by Crippen LogP contribution is -2.25. The number of aryl methyl sites for hydroxylation is 1. The number of ether oxygens (including phenoxy) is 2. The second-order valence-corrected chi connectivity index (χ2v) is 8.34. The first-order valence-corrected chi connectivity index (χ1v) is 11.6. The minimum atomic E-state index is -0.201. The van der Waals surface area contributed by atoms with E-state index in [1.54, 1.807) is 14.2 Å². The zero-order valence-corrected chi connectivity index (χ0v) is 19.8. The summed E-state index contributed by atoms with van der Waals surface area (Å²) in [6.07, 6.45) is 1.75. The van der Waals surface area contributed by atoms with E-state index in [1.165, 1.54) is 5.56 Å². The van der Waals surface area contributed by atoms with Gasteiger partial charge in [-0.05, 0) is 42.7 Å². The third-order valence-corrected chi connectivity index (χ3v) is 6.16. The van der Waals surface area contributed by atoms with Crippen molar-refractivity contribution in [3.8, 4) is 22.8 Å². The number of nitrogens with zero attached hydrogens (tertiary/aromatic N) is 1. The van der Waals surface area contributed by atoms with Crippen LogP contribution in [0.4, 0.5) is 0 Å². The molecule has 2 aromatic heterocycles. The van der Waals surface area contributed by atoms with Crippen LogP contribution in [0.15, 0.2) is 78.9 Å². The summed E-state index contributed by atoms with van der Waals surface area (Å²) >= 11 is 0. The Labute approximate surface area is 203 Å². The Morgan fingerprint density at radius 1 is 0.914 bits per heavy atom. The molecule has 0 saturated heterocycles. The summed E-state index contributed by atoms with van der Waals surface area (Å²) < 4.78 is 11.2. The molecule has 35 heavy (non-hydrogen) atoms. The highest BCUT2D eigenvalue weighted by molar-refractivity contribution is 6.13. The second kappa shape index (κ2) is 9.89. The molecule has 0 atom stereocenters. The Morgan fingerprint density at radius 3 is 2.51 bits per heavy atom. The number of H-pyrrole nitrogens is 1. The van der Waals surface area contributed by atoms with Crippen molar-refractivity contribution in [2.75, 3.05) is 20.8 Å². The van der Waals surface area contributed by atoms with E-state index in [0.717, 1.165) is 40.2 Å². The fraction of sp³-hybridized carbons (Fsp3) is 0.172. The van der Waals surface area contributed by atoms with E-state index in [0.29, 0.717) is 29.4 Å². The molecule has 0 aliphatic carbocycles. The molecule has 176 valence electrons. The van der Waals surface area contributed by atoms with Crippen molar-refractivity contribution < 1.29 is 14.3 Å². The highest BCUT2D eigenvalue weighted by Crippen LogP contribution is 2.41. The van der Waals surface area contributed by atoms with Gasteiger partial charge in [0, 0.05) is 28.4 Å². The van der Waals surface area contributed by atoms with Crippen molar-refractivity contribution in [2.24, 2.45) is 0 Å². The lowest BCUT2D eigenvalue weighted by atomic mass is 10.0. The van der Waals surface area contributed by atoms with Crippen LogP contribution in [-0.2, 0) is 6.42 Å². The molecule has 0 radical (unpaired) electrons. The van der Waals surface area contributed by atoms with Gasteiger partial charge in [0.05, 0.1) is 25.4 Å². The molecule has 0 fully saturated rings. The number of pyridine rings is 1. The number of carbonyl (C=O) groups is 1. The number of rotatable bonds is 8. The normalized spacial score (nSPS) is 11.0. The first-order valence-electron chi connectivity index (χ1n) is 11.6. The number of amides is 1. The van der Waals surface area contributed by atoms with Gasteiger partial charge in [0.2, 0.25) is 0 Å². The topological polar surface area (TPSA) is 76.2 Å². The average molecular weight is 466 g/mol. The Hall–Kier alpha value is -4.32. The lowest BCUT2D eigenvalue weighted by Gasteiger charge is -2.14. The van der Waals surface area contributed by atoms with Crippen molar-refractivity contribution in [2.45, 2.75) is 12.8 Å². The maximum absolute atomic E-state index is 13.2. The third-order valence-electron chi connectivity index (χ3n) is 6.16. The predicted octanol–water partition coefficient (Wildman–Crippen LogP) is 5.76. The number of carbonyl (C=O) groups excluding carboxylic acids is 1. The summed E-state index contributed by atoms with van der Waals surface area (Å²) in [5.74, 6) is 0.975. The number of benzene rings is 3. The maximum Gasteiger partial charge on any atom is 0.269 e. The van der Waals surface area contributed by atoms with E-state index in [1.807, 2.05) is 66.7 Å². The second-order valence-electron chi connectivity index (χ2n) is 8.34. The fourth-order valence-electron chi connectivity index (χ4n) is 4.46. The van der Waals surface area contributed by atoms with Crippen molar-refractivity contribution in [3.63, 3.8) is 0 Å². The van der Waals surface area contributed by atoms with E-state index in [4.69, 9.17) is 14.5 Å². The molecule has 2 N–H and O–H groups in total. The van der Waals surface area contributed by atoms with Gasteiger partial charge < -0.3 is 19.8 Å². The minimum Gasteiger partial charge on any atom is -0.493 e. The van der Waals surface area contributed by atoms with Gasteiger partial charge >= 0.3 is 0 Å². The van der Waals surface area contributed by atoms with Crippen LogP contribution in [0, 0.1) is 0 Å². The first kappa shape index (κ1) is 22.5. The molecule has 5 rings (SSSR count). The largest absolute Gasteiger partial charge is 0.493 e. The molecule has 0 aliphatic rings. The van der Waals surface area contributed by atoms with Gasteiger partial charge in [0.1, 0.15) is 5.69 Å². The molecule has 6 heteroatoms. The van der Waals surface area contributed by atoms with Gasteiger partial charge in [-0.2, -0.15) is 0 Å². The summed E-state index contributed by atoms with van der Waals surface area (Å²) in [4.78, 5) is 21.5. The monoisotopic (exact) mass is 465 g/mol. The van der Waals surface area contributed by atoms with Crippen LogP contribution in [0.2, 0.25) is 0 Å². The zero-order valence-electron chi connectivity index (χ0n) is 19.8. The minimum absolute atomic E-state index is 0.201. The van der Waals surface area contributed by atoms with Crippen molar-refractivity contribution in [1.29, 1.82) is 0 Å². The van der Waals surface area contributed by atoms with Gasteiger partial charge in [-0.1, -0.05) is 54.6 Å². The number of methoxy groups -OCH3 is 2. The van der Waals surface area contributed by atoms with Crippen LogP contribution < -0.4 is 14.8 Å². The number of fused-ring (bicyclic) bond motifs is 3. The first-order chi connectivity index (χ1) is 17.2. The van der Waals surface area contributed by atoms with Gasteiger partial charge in [0.15, 0.2) is 11.5 Å². The number of aromatic nitrogens is 2. The molecule has 5 aromatic rings. The predicted molar refractivity (Wildman–Crippen MR) is 139 cm³/mol. The van der Waals surface area contributed by atoms with Crippen LogP contribution in [0.25, 0.3) is 33.1 Å². The Bertz CT molecular complexity index is 1490. The quantitative estimate of drug-likeness (QED) is 0.286. The van der Waals surface area contributed by atoms with Gasteiger partial charge in [-0.25, -0.2) is 4.98 Å². The SMILES string of the molecule is COc1cccc(-c2nc(C(=O)NCCCc3ccccc3)cc3c2[nH]c2ccccc23)c1OC. The van der Waals surface area contributed by atoms with Gasteiger partial charge in [-0.3, -0.25) is 4.79 Å². The fourth-order valence-corrected chi connectivity index (χ4v) is 4.46. The number of aromatic amines is 1. The van der Waals surface area contributed by atoms with Crippen LogP contribution in [0.1, 0.15) is 22.5 Å². The highest BCUT2D eigenvalue weighted by atomic mass is 16.5. The smallest absolute Gasteiger partial charge is 0.269 e. The maximum atomic E-state index is 13.2. The van der Waals surface area contributed by atoms with E-state index in [9.17, 15) is 4.79 Å². The van der Waals surface area contributed by atoms with Gasteiger partial charge in [-0.15, -0.1) is 0 Å². The highest BCUT2D eigenvalue weighted by Gasteiger charge is 2.20. The third kappa shape index (κ3) is 4.43. The van der Waals surface area contributed by atoms with Crippen molar-refractivity contribution in [1.82, 2.24) is 15.3 Å². The lowest BCUT2D eigenvalue weighted by molar-refractivity contribution is 0.0948. The zero-order chi connectivity index (χ0) is 24.2. The molecule has 3 aromatic carbocycles. The van der Waals surface area contributed by atoms with Gasteiger partial charge in [0.25, 0.3) is 5.91 Å². The molecule has 0 bridgehead atoms. The summed E-state index contributed by atoms with van der Waals surface area (Å²) in [5.41, 5.74) is 4.84. The van der Waals surface area contributed by atoms with E-state index in [2.05, 4.69) is 22.4 Å². The number of para-hydroxylation sites is 2. The molecule has 0 aliphatic heterocycles. The van der Waals surface area contributed by atoms with E-state index < -0.39 is 0 Å². The molecule has 1 amide bonds. The summed E-state index contributed by atoms with van der Waals surface area (Å²) in [7, 11) is 3.21.